The van der Waals surface area contributed by atoms with Gasteiger partial charge in [0, 0.05) is 29.7 Å². The highest BCUT2D eigenvalue weighted by Gasteiger charge is 2.29. The number of fused-ring (bicyclic) bond motifs is 1. The van der Waals surface area contributed by atoms with Gasteiger partial charge in [-0.15, -0.1) is 0 Å². The zero-order valence-corrected chi connectivity index (χ0v) is 16.4. The smallest absolute Gasteiger partial charge is 0.254 e. The molecule has 1 fully saturated rings. The van der Waals surface area contributed by atoms with E-state index in [9.17, 15) is 14.0 Å². The first-order valence-corrected chi connectivity index (χ1v) is 9.97. The summed E-state index contributed by atoms with van der Waals surface area (Å²) in [5.74, 6) is -0.902. The van der Waals surface area contributed by atoms with Crippen molar-refractivity contribution in [1.29, 1.82) is 0 Å². The lowest BCUT2D eigenvalue weighted by Gasteiger charge is -2.31. The van der Waals surface area contributed by atoms with Crippen LogP contribution in [0.2, 0.25) is 0 Å². The molecule has 0 radical (unpaired) electrons. The Balaban J connectivity index is 1.67. The third-order valence-electron chi connectivity index (χ3n) is 5.50. The topological polar surface area (TPSA) is 65.2 Å². The van der Waals surface area contributed by atoms with Gasteiger partial charge in [-0.25, -0.2) is 4.39 Å². The van der Waals surface area contributed by atoms with Gasteiger partial charge in [-0.2, -0.15) is 0 Å². The van der Waals surface area contributed by atoms with Crippen molar-refractivity contribution in [3.8, 4) is 0 Å². The second-order valence-corrected chi connectivity index (χ2v) is 7.52. The molecular formula is C23H24FN3O2. The fourth-order valence-corrected chi connectivity index (χ4v) is 4.02. The van der Waals surface area contributed by atoms with Gasteiger partial charge in [0.25, 0.3) is 5.91 Å². The minimum Gasteiger partial charge on any atom is -0.358 e. The predicted octanol–water partition coefficient (Wildman–Crippen LogP) is 4.10. The number of halogens is 1. The molecule has 0 saturated carbocycles. The molecule has 0 aliphatic carbocycles. The number of hydrogen-bond acceptors (Lipinski definition) is 2. The van der Waals surface area contributed by atoms with Crippen LogP contribution in [0.25, 0.3) is 10.9 Å². The molecular weight excluding hydrogens is 369 g/mol. The van der Waals surface area contributed by atoms with Crippen LogP contribution in [-0.4, -0.2) is 34.8 Å². The number of benzene rings is 2. The van der Waals surface area contributed by atoms with Crippen molar-refractivity contribution in [2.75, 3.05) is 13.1 Å². The second-order valence-electron chi connectivity index (χ2n) is 7.52. The third-order valence-corrected chi connectivity index (χ3v) is 5.50. The van der Waals surface area contributed by atoms with Gasteiger partial charge in [-0.05, 0) is 49.9 Å². The minimum absolute atomic E-state index is 0.104. The van der Waals surface area contributed by atoms with E-state index in [1.807, 2.05) is 35.2 Å². The molecule has 150 valence electrons. The first-order chi connectivity index (χ1) is 14.0. The van der Waals surface area contributed by atoms with Gasteiger partial charge in [0.1, 0.15) is 11.9 Å². The summed E-state index contributed by atoms with van der Waals surface area (Å²) in [7, 11) is 0. The quantitative estimate of drug-likeness (QED) is 0.701. The second kappa shape index (κ2) is 8.07. The van der Waals surface area contributed by atoms with Crippen molar-refractivity contribution in [2.45, 2.75) is 32.2 Å². The molecule has 0 bridgehead atoms. The molecule has 2 aromatic carbocycles. The van der Waals surface area contributed by atoms with E-state index in [0.717, 1.165) is 24.8 Å². The lowest BCUT2D eigenvalue weighted by molar-refractivity contribution is -0.134. The predicted molar refractivity (Wildman–Crippen MR) is 110 cm³/mol. The van der Waals surface area contributed by atoms with Gasteiger partial charge >= 0.3 is 0 Å². The monoisotopic (exact) mass is 393 g/mol. The Hall–Kier alpha value is -3.15. The number of aromatic amines is 1. The summed E-state index contributed by atoms with van der Waals surface area (Å²) in [6.45, 7) is 3.18. The number of likely N-dealkylation sites (tertiary alicyclic amines) is 1. The molecule has 29 heavy (non-hydrogen) atoms. The number of H-pyrrole nitrogens is 1. The van der Waals surface area contributed by atoms with Crippen LogP contribution < -0.4 is 5.32 Å². The number of piperidine rings is 1. The van der Waals surface area contributed by atoms with E-state index in [0.29, 0.717) is 35.2 Å². The molecule has 1 unspecified atom stereocenters. The molecule has 1 atom stereocenters. The fraction of sp³-hybridized carbons (Fsp3) is 0.304. The minimum atomic E-state index is -0.778. The standard InChI is InChI=1S/C23H24FN3O2/c1-15-20(18-14-17(24)10-11-19(18)25-15)22(28)26-21(16-8-4-2-5-9-16)23(29)27-12-6-3-7-13-27/h2,4-5,8-11,14,21,25H,3,6-7,12-13H2,1H3,(H,26,28). The maximum atomic E-state index is 13.8. The first-order valence-electron chi connectivity index (χ1n) is 9.97. The van der Waals surface area contributed by atoms with Crippen molar-refractivity contribution >= 4 is 22.7 Å². The molecule has 5 nitrogen and oxygen atoms in total. The van der Waals surface area contributed by atoms with Crippen LogP contribution in [0.5, 0.6) is 0 Å². The highest BCUT2D eigenvalue weighted by atomic mass is 19.1. The van der Waals surface area contributed by atoms with E-state index < -0.39 is 17.8 Å². The summed E-state index contributed by atoms with van der Waals surface area (Å²) in [6, 6.07) is 12.8. The summed E-state index contributed by atoms with van der Waals surface area (Å²) < 4.78 is 13.8. The maximum Gasteiger partial charge on any atom is 0.254 e. The summed E-state index contributed by atoms with van der Waals surface area (Å²) in [4.78, 5) is 31.4. The Kier molecular flexibility index (Phi) is 5.34. The maximum absolute atomic E-state index is 13.8. The Labute approximate surface area is 168 Å². The third kappa shape index (κ3) is 3.88. The zero-order chi connectivity index (χ0) is 20.4. The van der Waals surface area contributed by atoms with Crippen molar-refractivity contribution in [3.05, 3.63) is 71.2 Å². The average molecular weight is 393 g/mol. The number of aromatic nitrogens is 1. The summed E-state index contributed by atoms with van der Waals surface area (Å²) in [5, 5.41) is 3.42. The van der Waals surface area contributed by atoms with Crippen LogP contribution in [0.4, 0.5) is 4.39 Å². The Morgan fingerprint density at radius 3 is 2.52 bits per heavy atom. The van der Waals surface area contributed by atoms with Crippen LogP contribution in [0.15, 0.2) is 48.5 Å². The van der Waals surface area contributed by atoms with E-state index in [4.69, 9.17) is 0 Å². The van der Waals surface area contributed by atoms with Crippen LogP contribution in [-0.2, 0) is 4.79 Å². The lowest BCUT2D eigenvalue weighted by atomic mass is 10.0. The van der Waals surface area contributed by atoms with Crippen molar-refractivity contribution in [2.24, 2.45) is 0 Å². The van der Waals surface area contributed by atoms with Crippen molar-refractivity contribution in [1.82, 2.24) is 15.2 Å². The molecule has 3 aromatic rings. The Bertz CT molecular complexity index is 1040. The number of amides is 2. The number of hydrogen-bond donors (Lipinski definition) is 2. The number of carbonyl (C=O) groups is 2. The largest absolute Gasteiger partial charge is 0.358 e. The van der Waals surface area contributed by atoms with Crippen LogP contribution in [0, 0.1) is 12.7 Å². The Morgan fingerprint density at radius 2 is 1.79 bits per heavy atom. The van der Waals surface area contributed by atoms with Crippen molar-refractivity contribution in [3.63, 3.8) is 0 Å². The first kappa shape index (κ1) is 19.2. The van der Waals surface area contributed by atoms with Gasteiger partial charge in [-0.3, -0.25) is 9.59 Å². The number of rotatable bonds is 4. The van der Waals surface area contributed by atoms with Crippen molar-refractivity contribution < 1.29 is 14.0 Å². The van der Waals surface area contributed by atoms with Gasteiger partial charge < -0.3 is 15.2 Å². The number of nitrogens with one attached hydrogen (secondary N) is 2. The summed E-state index contributed by atoms with van der Waals surface area (Å²) >= 11 is 0. The normalized spacial score (nSPS) is 15.3. The van der Waals surface area contributed by atoms with Gasteiger partial charge in [0.2, 0.25) is 5.91 Å². The van der Waals surface area contributed by atoms with Gasteiger partial charge in [-0.1, -0.05) is 30.3 Å². The van der Waals surface area contributed by atoms with Crippen LogP contribution in [0.3, 0.4) is 0 Å². The number of carbonyl (C=O) groups excluding carboxylic acids is 2. The van der Waals surface area contributed by atoms with E-state index in [-0.39, 0.29) is 5.91 Å². The summed E-state index contributed by atoms with van der Waals surface area (Å²) in [5.41, 5.74) is 2.43. The molecule has 2 N–H and O–H groups in total. The van der Waals surface area contributed by atoms with Crippen LogP contribution >= 0.6 is 0 Å². The van der Waals surface area contributed by atoms with E-state index in [1.165, 1.54) is 12.1 Å². The molecule has 1 aromatic heterocycles. The highest BCUT2D eigenvalue weighted by Crippen LogP contribution is 2.25. The molecule has 2 amide bonds. The highest BCUT2D eigenvalue weighted by molar-refractivity contribution is 6.09. The van der Waals surface area contributed by atoms with E-state index >= 15 is 0 Å². The molecule has 2 heterocycles. The molecule has 0 spiro atoms. The lowest BCUT2D eigenvalue weighted by Crippen LogP contribution is -2.45. The number of nitrogens with zero attached hydrogens (tertiary/aromatic N) is 1. The molecule has 1 saturated heterocycles. The van der Waals surface area contributed by atoms with E-state index in [1.54, 1.807) is 13.0 Å². The van der Waals surface area contributed by atoms with E-state index in [2.05, 4.69) is 10.3 Å². The zero-order valence-electron chi connectivity index (χ0n) is 16.4. The average Bonchev–Trinajstić information content (AvgIpc) is 3.07. The summed E-state index contributed by atoms with van der Waals surface area (Å²) in [6.07, 6.45) is 3.07. The SMILES string of the molecule is Cc1[nH]c2ccc(F)cc2c1C(=O)NC(C(=O)N1CCCCC1)c1ccccc1. The molecule has 6 heteroatoms. The number of aryl methyl sites for hydroxylation is 1. The fourth-order valence-electron chi connectivity index (χ4n) is 4.02. The molecule has 1 aliphatic heterocycles. The van der Waals surface area contributed by atoms with Crippen LogP contribution in [0.1, 0.15) is 46.9 Å². The molecule has 4 rings (SSSR count). The Morgan fingerprint density at radius 1 is 1.07 bits per heavy atom. The molecule has 1 aliphatic rings. The van der Waals surface area contributed by atoms with Gasteiger partial charge in [0.15, 0.2) is 0 Å². The van der Waals surface area contributed by atoms with Gasteiger partial charge in [0.05, 0.1) is 5.56 Å².